The van der Waals surface area contributed by atoms with E-state index in [1.54, 1.807) is 6.92 Å². The van der Waals surface area contributed by atoms with Crippen molar-refractivity contribution in [3.05, 3.63) is 102 Å². The second kappa shape index (κ2) is 15.8. The molecule has 2 atom stereocenters. The Balaban J connectivity index is 1.32. The van der Waals surface area contributed by atoms with Crippen LogP contribution in [0.4, 0.5) is 0 Å². The van der Waals surface area contributed by atoms with Crippen molar-refractivity contribution in [2.45, 2.75) is 97.6 Å². The topological polar surface area (TPSA) is 64.1 Å². The monoisotopic (exact) mass is 591 g/mol. The third kappa shape index (κ3) is 9.59. The molecule has 1 unspecified atom stereocenters. The molecule has 0 bridgehead atoms. The van der Waals surface area contributed by atoms with Crippen molar-refractivity contribution in [1.82, 2.24) is 15.3 Å². The number of unbranched alkanes of at least 4 members (excludes halogenated alkanes) is 4. The van der Waals surface area contributed by atoms with Gasteiger partial charge in [-0.15, -0.1) is 0 Å². The van der Waals surface area contributed by atoms with E-state index in [1.807, 2.05) is 36.7 Å². The van der Waals surface area contributed by atoms with E-state index in [4.69, 9.17) is 4.74 Å². The zero-order valence-electron chi connectivity index (χ0n) is 27.4. The molecule has 0 aliphatic rings. The number of hydrogen-bond donors (Lipinski definition) is 1. The first kappa shape index (κ1) is 33.1. The minimum Gasteiger partial charge on any atom is -0.494 e. The van der Waals surface area contributed by atoms with Gasteiger partial charge in [0.2, 0.25) is 0 Å². The van der Waals surface area contributed by atoms with Gasteiger partial charge in [0, 0.05) is 29.6 Å². The van der Waals surface area contributed by atoms with E-state index >= 15 is 0 Å². The Morgan fingerprint density at radius 3 is 2.00 bits per heavy atom. The predicted octanol–water partition coefficient (Wildman–Crippen LogP) is 9.31. The predicted molar refractivity (Wildman–Crippen MR) is 182 cm³/mol. The fourth-order valence-electron chi connectivity index (χ4n) is 5.28. The second-order valence-electron chi connectivity index (χ2n) is 12.9. The molecule has 3 aromatic carbocycles. The van der Waals surface area contributed by atoms with Gasteiger partial charge in [0.25, 0.3) is 0 Å². The third-order valence-corrected chi connectivity index (χ3v) is 8.23. The maximum absolute atomic E-state index is 12.6. The van der Waals surface area contributed by atoms with E-state index in [-0.39, 0.29) is 23.3 Å². The number of hydrogen-bond acceptors (Lipinski definition) is 5. The van der Waals surface area contributed by atoms with Crippen molar-refractivity contribution in [2.24, 2.45) is 0 Å². The fraction of sp³-hybridized carbons (Fsp3) is 0.410. The van der Waals surface area contributed by atoms with Crippen molar-refractivity contribution in [2.75, 3.05) is 6.61 Å². The number of carbonyl (C=O) groups is 1. The number of nitrogens with one attached hydrogen (secondary N) is 1. The summed E-state index contributed by atoms with van der Waals surface area (Å²) in [6.07, 6.45) is 10.5. The molecule has 232 valence electrons. The van der Waals surface area contributed by atoms with Crippen LogP contribution in [-0.2, 0) is 16.6 Å². The Morgan fingerprint density at radius 2 is 1.41 bits per heavy atom. The third-order valence-electron chi connectivity index (χ3n) is 8.23. The van der Waals surface area contributed by atoms with Crippen LogP contribution in [0, 0.1) is 0 Å². The zero-order valence-corrected chi connectivity index (χ0v) is 27.4. The minimum absolute atomic E-state index is 0.0631. The largest absolute Gasteiger partial charge is 0.494 e. The smallest absolute Gasteiger partial charge is 0.159 e. The Kier molecular flexibility index (Phi) is 11.8. The number of ketones is 1. The molecule has 1 N–H and O–H groups in total. The van der Waals surface area contributed by atoms with E-state index in [0.717, 1.165) is 41.0 Å². The van der Waals surface area contributed by atoms with Gasteiger partial charge in [-0.2, -0.15) is 0 Å². The molecule has 5 nitrogen and oxygen atoms in total. The van der Waals surface area contributed by atoms with Gasteiger partial charge in [-0.05, 0) is 66.5 Å². The number of benzene rings is 3. The van der Waals surface area contributed by atoms with Gasteiger partial charge < -0.3 is 10.1 Å². The number of nitrogens with zero attached hydrogens (tertiary/aromatic N) is 2. The van der Waals surface area contributed by atoms with Gasteiger partial charge in [-0.3, -0.25) is 4.79 Å². The minimum atomic E-state index is -0.267. The summed E-state index contributed by atoms with van der Waals surface area (Å²) in [6.45, 7) is 13.4. The maximum Gasteiger partial charge on any atom is 0.159 e. The molecular weight excluding hydrogens is 542 g/mol. The van der Waals surface area contributed by atoms with Gasteiger partial charge in [-0.25, -0.2) is 9.97 Å². The summed E-state index contributed by atoms with van der Waals surface area (Å²) in [6, 6.07) is 24.8. The highest BCUT2D eigenvalue weighted by Crippen LogP contribution is 2.26. The second-order valence-corrected chi connectivity index (χ2v) is 12.9. The average Bonchev–Trinajstić information content (AvgIpc) is 3.03. The van der Waals surface area contributed by atoms with Gasteiger partial charge in [-0.1, -0.05) is 114 Å². The van der Waals surface area contributed by atoms with Crippen LogP contribution < -0.4 is 10.1 Å². The van der Waals surface area contributed by atoms with Crippen molar-refractivity contribution >= 4 is 5.78 Å². The first-order chi connectivity index (χ1) is 21.1. The van der Waals surface area contributed by atoms with Crippen LogP contribution in [0.25, 0.3) is 22.5 Å². The summed E-state index contributed by atoms with van der Waals surface area (Å²) in [5, 5.41) is 3.55. The molecule has 0 saturated carbocycles. The van der Waals surface area contributed by atoms with Crippen LogP contribution in [0.5, 0.6) is 5.75 Å². The molecule has 0 aliphatic heterocycles. The Morgan fingerprint density at radius 1 is 0.795 bits per heavy atom. The molecular formula is C39H49N3O2. The Bertz CT molecular complexity index is 1440. The quantitative estimate of drug-likeness (QED) is 0.140. The summed E-state index contributed by atoms with van der Waals surface area (Å²) in [4.78, 5) is 21.8. The lowest BCUT2D eigenvalue weighted by atomic mass is 9.86. The molecule has 0 spiro atoms. The molecule has 5 heteroatoms. The number of ether oxygens (including phenoxy) is 1. The number of aromatic nitrogens is 2. The van der Waals surface area contributed by atoms with Crippen LogP contribution in [0.3, 0.4) is 0 Å². The standard InChI is InChI=1S/C39H49N3O2/c1-7-8-9-10-11-24-44-36-22-18-32(19-23-36)34-26-40-38(41-27-34)33-14-12-30(13-15-33)25-37(29(3)43)42-28(2)31-16-20-35(21-17-31)39(4,5)6/h12-23,26-28,37,42H,7-11,24-25H2,1-6H3/t28?,37-/m0/s1. The van der Waals surface area contributed by atoms with Crippen LogP contribution in [-0.4, -0.2) is 28.4 Å². The van der Waals surface area contributed by atoms with Crippen LogP contribution >= 0.6 is 0 Å². The van der Waals surface area contributed by atoms with E-state index < -0.39 is 0 Å². The summed E-state index contributed by atoms with van der Waals surface area (Å²) in [5.74, 6) is 1.71. The van der Waals surface area contributed by atoms with Crippen LogP contribution in [0.2, 0.25) is 0 Å². The zero-order chi connectivity index (χ0) is 31.5. The van der Waals surface area contributed by atoms with Crippen LogP contribution in [0.15, 0.2) is 85.2 Å². The molecule has 4 aromatic rings. The molecule has 4 rings (SSSR count). The normalized spacial score (nSPS) is 13.0. The molecule has 1 aromatic heterocycles. The summed E-state index contributed by atoms with van der Waals surface area (Å²) >= 11 is 0. The highest BCUT2D eigenvalue weighted by atomic mass is 16.5. The summed E-state index contributed by atoms with van der Waals surface area (Å²) < 4.78 is 5.90. The molecule has 0 aliphatic carbocycles. The summed E-state index contributed by atoms with van der Waals surface area (Å²) in [7, 11) is 0. The first-order valence-electron chi connectivity index (χ1n) is 16.2. The van der Waals surface area contributed by atoms with Gasteiger partial charge in [0.05, 0.1) is 12.6 Å². The van der Waals surface area contributed by atoms with Crippen LogP contribution in [0.1, 0.15) is 96.4 Å². The molecule has 0 fully saturated rings. The highest BCUT2D eigenvalue weighted by molar-refractivity contribution is 5.81. The number of carbonyl (C=O) groups excluding carboxylic acids is 1. The van der Waals surface area contributed by atoms with Crippen molar-refractivity contribution in [3.63, 3.8) is 0 Å². The average molecular weight is 592 g/mol. The lowest BCUT2D eigenvalue weighted by Gasteiger charge is -2.24. The lowest BCUT2D eigenvalue weighted by Crippen LogP contribution is -2.38. The molecule has 0 amide bonds. The van der Waals surface area contributed by atoms with Crippen molar-refractivity contribution in [3.8, 4) is 28.3 Å². The van der Waals surface area contributed by atoms with E-state index in [9.17, 15) is 4.79 Å². The Labute approximate surface area is 264 Å². The lowest BCUT2D eigenvalue weighted by molar-refractivity contribution is -0.119. The molecule has 1 heterocycles. The van der Waals surface area contributed by atoms with Gasteiger partial charge in [0.1, 0.15) is 11.5 Å². The van der Waals surface area contributed by atoms with E-state index in [0.29, 0.717) is 12.2 Å². The van der Waals surface area contributed by atoms with Crippen molar-refractivity contribution in [1.29, 1.82) is 0 Å². The van der Waals surface area contributed by atoms with Gasteiger partial charge in [0.15, 0.2) is 5.82 Å². The first-order valence-corrected chi connectivity index (χ1v) is 16.2. The Hall–Kier alpha value is -3.83. The van der Waals surface area contributed by atoms with Crippen molar-refractivity contribution < 1.29 is 9.53 Å². The summed E-state index contributed by atoms with van der Waals surface area (Å²) in [5.41, 5.74) is 6.67. The van der Waals surface area contributed by atoms with E-state index in [1.165, 1.54) is 36.8 Å². The van der Waals surface area contributed by atoms with Gasteiger partial charge >= 0.3 is 0 Å². The fourth-order valence-corrected chi connectivity index (χ4v) is 5.28. The molecule has 0 saturated heterocycles. The SMILES string of the molecule is CCCCCCCOc1ccc(-c2cnc(-c3ccc(C[C@H](NC(C)c4ccc(C(C)(C)C)cc4)C(C)=O)cc3)nc2)cc1. The highest BCUT2D eigenvalue weighted by Gasteiger charge is 2.19. The number of rotatable bonds is 15. The number of Topliss-reactive ketones (excluding diaryl/α,β-unsaturated/α-hetero) is 1. The molecule has 44 heavy (non-hydrogen) atoms. The maximum atomic E-state index is 12.6. The molecule has 0 radical (unpaired) electrons. The van der Waals surface area contributed by atoms with E-state index in [2.05, 4.69) is 98.4 Å².